The van der Waals surface area contributed by atoms with Crippen LogP contribution in [0.2, 0.25) is 0 Å². The maximum Gasteiger partial charge on any atom is 0.100 e. The largest absolute Gasteiger partial charge is 0.396 e. The van der Waals surface area contributed by atoms with E-state index >= 15 is 0 Å². The third-order valence-corrected chi connectivity index (χ3v) is 2.53. The van der Waals surface area contributed by atoms with Crippen LogP contribution in [0, 0.1) is 11.8 Å². The molecule has 0 heterocycles. The third kappa shape index (κ3) is 1.69. The summed E-state index contributed by atoms with van der Waals surface area (Å²) in [7, 11) is 0. The van der Waals surface area contributed by atoms with Crippen molar-refractivity contribution >= 4 is 0 Å². The van der Waals surface area contributed by atoms with Crippen molar-refractivity contribution in [2.45, 2.75) is 32.4 Å². The second-order valence-corrected chi connectivity index (χ2v) is 3.33. The molecule has 0 aromatic rings. The van der Waals surface area contributed by atoms with E-state index in [4.69, 9.17) is 5.11 Å². The van der Waals surface area contributed by atoms with Crippen LogP contribution in [0.15, 0.2) is 0 Å². The highest BCUT2D eigenvalue weighted by Crippen LogP contribution is 2.30. The molecule has 0 bridgehead atoms. The summed E-state index contributed by atoms with van der Waals surface area (Å²) < 4.78 is 12.7. The van der Waals surface area contributed by atoms with Crippen LogP contribution in [0.25, 0.3) is 0 Å². The molecule has 10 heavy (non-hydrogen) atoms. The zero-order valence-corrected chi connectivity index (χ0v) is 6.39. The van der Waals surface area contributed by atoms with E-state index in [1.54, 1.807) is 0 Å². The predicted octanol–water partition coefficient (Wildman–Crippen LogP) is 1.75. The molecular weight excluding hydrogens is 131 g/mol. The fourth-order valence-corrected chi connectivity index (χ4v) is 1.61. The molecule has 0 radical (unpaired) electrons. The molecule has 1 fully saturated rings. The summed E-state index contributed by atoms with van der Waals surface area (Å²) >= 11 is 0. The van der Waals surface area contributed by atoms with Gasteiger partial charge in [-0.25, -0.2) is 4.39 Å². The summed E-state index contributed by atoms with van der Waals surface area (Å²) in [5, 5.41) is 8.81. The SMILES string of the molecule is CC1CC[C@H](F)CC1CO. The molecule has 0 amide bonds. The Kier molecular flexibility index (Phi) is 2.66. The molecule has 2 unspecified atom stereocenters. The van der Waals surface area contributed by atoms with E-state index in [0.29, 0.717) is 18.8 Å². The Morgan fingerprint density at radius 2 is 2.20 bits per heavy atom. The standard InChI is InChI=1S/C8H15FO/c1-6-2-3-8(9)4-7(6)5-10/h6-8,10H,2-5H2,1H3/t6?,7?,8-/m0/s1. The minimum Gasteiger partial charge on any atom is -0.396 e. The lowest BCUT2D eigenvalue weighted by molar-refractivity contribution is 0.0945. The Bertz CT molecular complexity index is 105. The van der Waals surface area contributed by atoms with Crippen LogP contribution >= 0.6 is 0 Å². The molecule has 1 aliphatic carbocycles. The topological polar surface area (TPSA) is 20.2 Å². The van der Waals surface area contributed by atoms with Gasteiger partial charge in [0, 0.05) is 6.61 Å². The van der Waals surface area contributed by atoms with Gasteiger partial charge in [-0.1, -0.05) is 6.92 Å². The first kappa shape index (κ1) is 7.99. The maximum atomic E-state index is 12.7. The van der Waals surface area contributed by atoms with Crippen LogP contribution in [-0.2, 0) is 0 Å². The van der Waals surface area contributed by atoms with Gasteiger partial charge in [-0.05, 0) is 31.1 Å². The molecule has 0 aromatic heterocycles. The van der Waals surface area contributed by atoms with Crippen LogP contribution < -0.4 is 0 Å². The monoisotopic (exact) mass is 146 g/mol. The molecule has 0 spiro atoms. The summed E-state index contributed by atoms with van der Waals surface area (Å²) in [4.78, 5) is 0. The molecule has 0 aliphatic heterocycles. The molecule has 60 valence electrons. The van der Waals surface area contributed by atoms with Crippen LogP contribution in [0.3, 0.4) is 0 Å². The zero-order valence-electron chi connectivity index (χ0n) is 6.39. The van der Waals surface area contributed by atoms with Gasteiger partial charge in [0.05, 0.1) is 0 Å². The first-order valence-electron chi connectivity index (χ1n) is 3.99. The smallest absolute Gasteiger partial charge is 0.100 e. The van der Waals surface area contributed by atoms with Gasteiger partial charge in [0.1, 0.15) is 6.17 Å². The van der Waals surface area contributed by atoms with Crippen molar-refractivity contribution in [1.29, 1.82) is 0 Å². The first-order chi connectivity index (χ1) is 4.74. The van der Waals surface area contributed by atoms with Crippen molar-refractivity contribution in [3.63, 3.8) is 0 Å². The number of hydrogen-bond donors (Lipinski definition) is 1. The Hall–Kier alpha value is -0.110. The number of alkyl halides is 1. The number of aliphatic hydroxyl groups is 1. The van der Waals surface area contributed by atoms with Gasteiger partial charge in [0.25, 0.3) is 0 Å². The number of halogens is 1. The number of hydrogen-bond acceptors (Lipinski definition) is 1. The van der Waals surface area contributed by atoms with E-state index in [1.165, 1.54) is 0 Å². The van der Waals surface area contributed by atoms with Crippen LogP contribution in [0.4, 0.5) is 4.39 Å². The fraction of sp³-hybridized carbons (Fsp3) is 1.00. The summed E-state index contributed by atoms with van der Waals surface area (Å²) in [6.45, 7) is 2.24. The number of rotatable bonds is 1. The lowest BCUT2D eigenvalue weighted by atomic mass is 9.80. The lowest BCUT2D eigenvalue weighted by Crippen LogP contribution is -2.26. The molecule has 1 N–H and O–H groups in total. The van der Waals surface area contributed by atoms with E-state index in [2.05, 4.69) is 6.92 Å². The van der Waals surface area contributed by atoms with Crippen molar-refractivity contribution in [3.05, 3.63) is 0 Å². The summed E-state index contributed by atoms with van der Waals surface area (Å²) in [6, 6.07) is 0. The average molecular weight is 146 g/mol. The minimum atomic E-state index is -0.659. The molecular formula is C8H15FO. The highest BCUT2D eigenvalue weighted by molar-refractivity contribution is 4.76. The highest BCUT2D eigenvalue weighted by Gasteiger charge is 2.26. The van der Waals surface area contributed by atoms with Crippen LogP contribution in [0.5, 0.6) is 0 Å². The molecule has 1 rings (SSSR count). The van der Waals surface area contributed by atoms with Gasteiger partial charge in [-0.2, -0.15) is 0 Å². The highest BCUT2D eigenvalue weighted by atomic mass is 19.1. The van der Waals surface area contributed by atoms with E-state index < -0.39 is 6.17 Å². The fourth-order valence-electron chi connectivity index (χ4n) is 1.61. The predicted molar refractivity (Wildman–Crippen MR) is 38.5 cm³/mol. The van der Waals surface area contributed by atoms with Crippen LogP contribution in [0.1, 0.15) is 26.2 Å². The number of aliphatic hydroxyl groups excluding tert-OH is 1. The Morgan fingerprint density at radius 1 is 1.50 bits per heavy atom. The molecule has 0 saturated heterocycles. The lowest BCUT2D eigenvalue weighted by Gasteiger charge is -2.29. The summed E-state index contributed by atoms with van der Waals surface area (Å²) in [6.07, 6.45) is 1.54. The summed E-state index contributed by atoms with van der Waals surface area (Å²) in [5.74, 6) is 0.723. The Morgan fingerprint density at radius 3 is 2.70 bits per heavy atom. The quantitative estimate of drug-likeness (QED) is 0.597. The zero-order chi connectivity index (χ0) is 7.56. The van der Waals surface area contributed by atoms with Crippen molar-refractivity contribution in [3.8, 4) is 0 Å². The second kappa shape index (κ2) is 3.33. The minimum absolute atomic E-state index is 0.154. The molecule has 1 nitrogen and oxygen atoms in total. The molecule has 0 aromatic carbocycles. The molecule has 3 atom stereocenters. The molecule has 2 heteroatoms. The van der Waals surface area contributed by atoms with E-state index in [0.717, 1.165) is 6.42 Å². The van der Waals surface area contributed by atoms with Gasteiger partial charge in [0.15, 0.2) is 0 Å². The van der Waals surface area contributed by atoms with Gasteiger partial charge in [-0.15, -0.1) is 0 Å². The third-order valence-electron chi connectivity index (χ3n) is 2.53. The van der Waals surface area contributed by atoms with Gasteiger partial charge in [0.2, 0.25) is 0 Å². The van der Waals surface area contributed by atoms with Gasteiger partial charge < -0.3 is 5.11 Å². The van der Waals surface area contributed by atoms with Crippen molar-refractivity contribution in [2.24, 2.45) is 11.8 Å². The van der Waals surface area contributed by atoms with E-state index in [-0.39, 0.29) is 12.5 Å². The van der Waals surface area contributed by atoms with Crippen LogP contribution in [-0.4, -0.2) is 17.9 Å². The second-order valence-electron chi connectivity index (χ2n) is 3.33. The molecule has 1 aliphatic rings. The van der Waals surface area contributed by atoms with Crippen molar-refractivity contribution in [2.75, 3.05) is 6.61 Å². The Balaban J connectivity index is 2.38. The van der Waals surface area contributed by atoms with E-state index in [1.807, 2.05) is 0 Å². The molecule has 1 saturated carbocycles. The van der Waals surface area contributed by atoms with Crippen molar-refractivity contribution < 1.29 is 9.50 Å². The summed E-state index contributed by atoms with van der Waals surface area (Å²) in [5.41, 5.74) is 0. The Labute approximate surface area is 61.2 Å². The normalized spacial score (nSPS) is 41.7. The van der Waals surface area contributed by atoms with E-state index in [9.17, 15) is 4.39 Å². The van der Waals surface area contributed by atoms with Gasteiger partial charge >= 0.3 is 0 Å². The van der Waals surface area contributed by atoms with Crippen molar-refractivity contribution in [1.82, 2.24) is 0 Å². The van der Waals surface area contributed by atoms with Gasteiger partial charge in [-0.3, -0.25) is 0 Å². The first-order valence-corrected chi connectivity index (χ1v) is 3.99. The average Bonchev–Trinajstić information content (AvgIpc) is 1.94. The maximum absolute atomic E-state index is 12.7.